The van der Waals surface area contributed by atoms with Gasteiger partial charge in [0.25, 0.3) is 0 Å². The van der Waals surface area contributed by atoms with Gasteiger partial charge in [-0.1, -0.05) is 6.07 Å². The predicted molar refractivity (Wildman–Crippen MR) is 74.0 cm³/mol. The van der Waals surface area contributed by atoms with Crippen LogP contribution < -0.4 is 16.4 Å². The SMILES string of the molecule is CCOC(=O)c1cccc(N)c1NCCNC(C)=O. The molecule has 0 fully saturated rings. The molecule has 1 rings (SSSR count). The molecule has 0 heterocycles. The molecule has 1 aromatic carbocycles. The number of hydrogen-bond acceptors (Lipinski definition) is 5. The molecule has 4 N–H and O–H groups in total. The van der Waals surface area contributed by atoms with Gasteiger partial charge in [0.15, 0.2) is 0 Å². The van der Waals surface area contributed by atoms with E-state index >= 15 is 0 Å². The van der Waals surface area contributed by atoms with Crippen molar-refractivity contribution in [2.24, 2.45) is 0 Å². The van der Waals surface area contributed by atoms with Crippen LogP contribution in [0.15, 0.2) is 18.2 Å². The maximum Gasteiger partial charge on any atom is 0.340 e. The molecule has 0 radical (unpaired) electrons. The molecule has 104 valence electrons. The van der Waals surface area contributed by atoms with E-state index in [1.165, 1.54) is 6.92 Å². The molecule has 0 aliphatic carbocycles. The number of carbonyl (C=O) groups excluding carboxylic acids is 2. The second kappa shape index (κ2) is 7.25. The molecule has 0 saturated carbocycles. The zero-order valence-corrected chi connectivity index (χ0v) is 11.2. The quantitative estimate of drug-likeness (QED) is 0.405. The first-order valence-corrected chi connectivity index (χ1v) is 6.10. The number of benzene rings is 1. The molecule has 0 aromatic heterocycles. The molecule has 6 heteroatoms. The van der Waals surface area contributed by atoms with Gasteiger partial charge in [0.05, 0.1) is 23.5 Å². The Kier molecular flexibility index (Phi) is 5.66. The summed E-state index contributed by atoms with van der Waals surface area (Å²) in [5.41, 5.74) is 7.23. The molecular weight excluding hydrogens is 246 g/mol. The van der Waals surface area contributed by atoms with Crippen LogP contribution in [0.25, 0.3) is 0 Å². The van der Waals surface area contributed by atoms with Crippen LogP contribution in [-0.4, -0.2) is 31.6 Å². The highest BCUT2D eigenvalue weighted by Crippen LogP contribution is 2.23. The summed E-state index contributed by atoms with van der Waals surface area (Å²) in [5, 5.41) is 5.69. The molecule has 0 atom stereocenters. The second-order valence-corrected chi connectivity index (χ2v) is 3.90. The van der Waals surface area contributed by atoms with Gasteiger partial charge in [-0.3, -0.25) is 4.79 Å². The molecule has 6 nitrogen and oxygen atoms in total. The topological polar surface area (TPSA) is 93.4 Å². The summed E-state index contributed by atoms with van der Waals surface area (Å²) in [6.07, 6.45) is 0. The molecule has 0 aliphatic heterocycles. The standard InChI is InChI=1S/C13H19N3O3/c1-3-19-13(18)10-5-4-6-11(14)12(10)16-8-7-15-9(2)17/h4-6,16H,3,7-8,14H2,1-2H3,(H,15,17). The molecule has 19 heavy (non-hydrogen) atoms. The van der Waals surface area contributed by atoms with E-state index in [-0.39, 0.29) is 5.91 Å². The minimum Gasteiger partial charge on any atom is -0.462 e. The number of para-hydroxylation sites is 1. The smallest absolute Gasteiger partial charge is 0.340 e. The van der Waals surface area contributed by atoms with E-state index in [0.29, 0.717) is 36.6 Å². The minimum absolute atomic E-state index is 0.103. The highest BCUT2D eigenvalue weighted by atomic mass is 16.5. The van der Waals surface area contributed by atoms with Gasteiger partial charge in [0, 0.05) is 20.0 Å². The summed E-state index contributed by atoms with van der Waals surface area (Å²) in [4.78, 5) is 22.5. The van der Waals surface area contributed by atoms with Crippen LogP contribution in [0.4, 0.5) is 11.4 Å². The number of anilines is 2. The Hall–Kier alpha value is -2.24. The molecule has 0 bridgehead atoms. The first-order valence-electron chi connectivity index (χ1n) is 6.10. The third-order valence-corrected chi connectivity index (χ3v) is 2.39. The van der Waals surface area contributed by atoms with E-state index in [2.05, 4.69) is 10.6 Å². The maximum atomic E-state index is 11.8. The van der Waals surface area contributed by atoms with E-state index in [9.17, 15) is 9.59 Å². The van der Waals surface area contributed by atoms with Gasteiger partial charge in [-0.15, -0.1) is 0 Å². The fraction of sp³-hybridized carbons (Fsp3) is 0.385. The largest absolute Gasteiger partial charge is 0.462 e. The Balaban J connectivity index is 2.74. The van der Waals surface area contributed by atoms with E-state index < -0.39 is 5.97 Å². The Morgan fingerprint density at radius 1 is 1.32 bits per heavy atom. The van der Waals surface area contributed by atoms with Crippen LogP contribution >= 0.6 is 0 Å². The van der Waals surface area contributed by atoms with Crippen molar-refractivity contribution in [3.8, 4) is 0 Å². The summed E-state index contributed by atoms with van der Waals surface area (Å²) in [7, 11) is 0. The van der Waals surface area contributed by atoms with Gasteiger partial charge in [0.1, 0.15) is 0 Å². The molecule has 1 amide bonds. The lowest BCUT2D eigenvalue weighted by Gasteiger charge is -2.13. The number of ether oxygens (including phenoxy) is 1. The summed E-state index contributed by atoms with van der Waals surface area (Å²) in [6, 6.07) is 5.04. The lowest BCUT2D eigenvalue weighted by Crippen LogP contribution is -2.27. The molecule has 0 unspecified atom stereocenters. The lowest BCUT2D eigenvalue weighted by molar-refractivity contribution is -0.118. The van der Waals surface area contributed by atoms with Crippen molar-refractivity contribution in [3.63, 3.8) is 0 Å². The van der Waals surface area contributed by atoms with E-state index in [1.807, 2.05) is 0 Å². The minimum atomic E-state index is -0.420. The Morgan fingerprint density at radius 2 is 2.05 bits per heavy atom. The van der Waals surface area contributed by atoms with Crippen LogP contribution in [0.1, 0.15) is 24.2 Å². The van der Waals surface area contributed by atoms with Gasteiger partial charge < -0.3 is 21.1 Å². The maximum absolute atomic E-state index is 11.8. The van der Waals surface area contributed by atoms with Crippen molar-refractivity contribution in [2.45, 2.75) is 13.8 Å². The summed E-state index contributed by atoms with van der Waals surface area (Å²) < 4.78 is 4.96. The van der Waals surface area contributed by atoms with Crippen LogP contribution in [0.2, 0.25) is 0 Å². The highest BCUT2D eigenvalue weighted by Gasteiger charge is 2.14. The fourth-order valence-electron chi connectivity index (χ4n) is 1.57. The number of amides is 1. The third kappa shape index (κ3) is 4.50. The average Bonchev–Trinajstić information content (AvgIpc) is 2.36. The van der Waals surface area contributed by atoms with Crippen LogP contribution in [0, 0.1) is 0 Å². The summed E-state index contributed by atoms with van der Waals surface area (Å²) in [5.74, 6) is -0.523. The monoisotopic (exact) mass is 265 g/mol. The highest BCUT2D eigenvalue weighted by molar-refractivity contribution is 5.98. The first kappa shape index (κ1) is 14.8. The molecular formula is C13H19N3O3. The molecule has 1 aromatic rings. The average molecular weight is 265 g/mol. The van der Waals surface area contributed by atoms with Gasteiger partial charge in [0.2, 0.25) is 5.91 Å². The predicted octanol–water partition coefficient (Wildman–Crippen LogP) is 0.994. The van der Waals surface area contributed by atoms with E-state index in [0.717, 1.165) is 0 Å². The van der Waals surface area contributed by atoms with Crippen molar-refractivity contribution >= 4 is 23.3 Å². The molecule has 0 spiro atoms. The number of carbonyl (C=O) groups is 2. The van der Waals surface area contributed by atoms with Crippen molar-refractivity contribution in [1.29, 1.82) is 0 Å². The fourth-order valence-corrected chi connectivity index (χ4v) is 1.57. The normalized spacial score (nSPS) is 9.79. The van der Waals surface area contributed by atoms with Gasteiger partial charge in [-0.2, -0.15) is 0 Å². The Bertz CT molecular complexity index is 460. The second-order valence-electron chi connectivity index (χ2n) is 3.90. The Labute approximate surface area is 112 Å². The number of esters is 1. The van der Waals surface area contributed by atoms with Crippen LogP contribution in [0.5, 0.6) is 0 Å². The van der Waals surface area contributed by atoms with E-state index in [1.54, 1.807) is 25.1 Å². The number of nitrogens with two attached hydrogens (primary N) is 1. The number of nitrogen functional groups attached to an aromatic ring is 1. The van der Waals surface area contributed by atoms with E-state index in [4.69, 9.17) is 10.5 Å². The molecule has 0 aliphatic rings. The van der Waals surface area contributed by atoms with Gasteiger partial charge >= 0.3 is 5.97 Å². The zero-order chi connectivity index (χ0) is 14.3. The van der Waals surface area contributed by atoms with Crippen LogP contribution in [-0.2, 0) is 9.53 Å². The summed E-state index contributed by atoms with van der Waals surface area (Å²) in [6.45, 7) is 4.42. The lowest BCUT2D eigenvalue weighted by atomic mass is 10.1. The van der Waals surface area contributed by atoms with Crippen molar-refractivity contribution in [3.05, 3.63) is 23.8 Å². The third-order valence-electron chi connectivity index (χ3n) is 2.39. The zero-order valence-electron chi connectivity index (χ0n) is 11.2. The number of rotatable bonds is 6. The van der Waals surface area contributed by atoms with Crippen molar-refractivity contribution in [1.82, 2.24) is 5.32 Å². The Morgan fingerprint density at radius 3 is 2.68 bits per heavy atom. The van der Waals surface area contributed by atoms with Crippen molar-refractivity contribution < 1.29 is 14.3 Å². The number of nitrogens with one attached hydrogen (secondary N) is 2. The van der Waals surface area contributed by atoms with Gasteiger partial charge in [-0.25, -0.2) is 4.79 Å². The first-order chi connectivity index (χ1) is 9.06. The van der Waals surface area contributed by atoms with Gasteiger partial charge in [-0.05, 0) is 19.1 Å². The molecule has 0 saturated heterocycles. The number of hydrogen-bond donors (Lipinski definition) is 3. The summed E-state index contributed by atoms with van der Waals surface area (Å²) >= 11 is 0. The van der Waals surface area contributed by atoms with Crippen molar-refractivity contribution in [2.75, 3.05) is 30.7 Å². The van der Waals surface area contributed by atoms with Crippen LogP contribution in [0.3, 0.4) is 0 Å².